The van der Waals surface area contributed by atoms with E-state index >= 15 is 0 Å². The Balaban J connectivity index is 1.92. The van der Waals surface area contributed by atoms with E-state index in [0.29, 0.717) is 5.92 Å². The number of aliphatic hydroxyl groups excluding tert-OH is 1. The maximum Gasteiger partial charge on any atom is 0.0664 e. The molecule has 92 valence electrons. The van der Waals surface area contributed by atoms with Crippen molar-refractivity contribution in [1.82, 2.24) is 0 Å². The summed E-state index contributed by atoms with van der Waals surface area (Å²) in [6, 6.07) is 10.7. The zero-order valence-electron chi connectivity index (χ0n) is 10.4. The molecule has 2 fully saturated rings. The van der Waals surface area contributed by atoms with Crippen molar-refractivity contribution in [3.63, 3.8) is 0 Å². The van der Waals surface area contributed by atoms with Crippen LogP contribution in [0.3, 0.4) is 0 Å². The van der Waals surface area contributed by atoms with Crippen LogP contribution >= 0.6 is 0 Å². The van der Waals surface area contributed by atoms with Crippen molar-refractivity contribution in [2.75, 3.05) is 0 Å². The maximum absolute atomic E-state index is 10.8. The molecular formula is C16H22O. The number of benzene rings is 1. The molecule has 0 radical (unpaired) electrons. The highest BCUT2D eigenvalue weighted by atomic mass is 16.3. The number of hydrogen-bond donors (Lipinski definition) is 1. The minimum atomic E-state index is -0.110. The van der Waals surface area contributed by atoms with E-state index in [1.54, 1.807) is 0 Å². The van der Waals surface area contributed by atoms with Gasteiger partial charge in [-0.05, 0) is 37.2 Å². The molecule has 1 atom stereocenters. The van der Waals surface area contributed by atoms with Gasteiger partial charge in [0.15, 0.2) is 0 Å². The summed E-state index contributed by atoms with van der Waals surface area (Å²) in [5, 5.41) is 10.8. The summed E-state index contributed by atoms with van der Waals surface area (Å²) < 4.78 is 0. The molecule has 0 amide bonds. The normalized spacial score (nSPS) is 25.5. The van der Waals surface area contributed by atoms with E-state index in [1.165, 1.54) is 50.5 Å². The van der Waals surface area contributed by atoms with Crippen molar-refractivity contribution < 1.29 is 5.11 Å². The highest BCUT2D eigenvalue weighted by molar-refractivity contribution is 5.29. The molecule has 0 saturated heterocycles. The standard InChI is InChI=1S/C16H22O/c17-15(13-7-6-8-13)16(11-4-5-12-16)14-9-2-1-3-10-14/h1-3,9-10,13,15,17H,4-8,11-12H2. The van der Waals surface area contributed by atoms with Gasteiger partial charge in [-0.1, -0.05) is 49.6 Å². The summed E-state index contributed by atoms with van der Waals surface area (Å²) in [5.74, 6) is 0.563. The van der Waals surface area contributed by atoms with E-state index in [2.05, 4.69) is 30.3 Å². The van der Waals surface area contributed by atoms with Crippen LogP contribution in [0.25, 0.3) is 0 Å². The lowest BCUT2D eigenvalue weighted by atomic mass is 9.65. The van der Waals surface area contributed by atoms with Gasteiger partial charge >= 0.3 is 0 Å². The van der Waals surface area contributed by atoms with Crippen LogP contribution in [0, 0.1) is 5.92 Å². The topological polar surface area (TPSA) is 20.2 Å². The molecule has 0 spiro atoms. The average Bonchev–Trinajstić information content (AvgIpc) is 2.78. The molecule has 0 aliphatic heterocycles. The van der Waals surface area contributed by atoms with Gasteiger partial charge in [-0.2, -0.15) is 0 Å². The summed E-state index contributed by atoms with van der Waals surface area (Å²) in [6.45, 7) is 0. The van der Waals surface area contributed by atoms with Crippen molar-refractivity contribution in [1.29, 1.82) is 0 Å². The van der Waals surface area contributed by atoms with Crippen LogP contribution in [0.4, 0.5) is 0 Å². The summed E-state index contributed by atoms with van der Waals surface area (Å²) in [7, 11) is 0. The Hall–Kier alpha value is -0.820. The van der Waals surface area contributed by atoms with Crippen LogP contribution in [0.1, 0.15) is 50.5 Å². The molecule has 0 aromatic heterocycles. The number of aliphatic hydroxyl groups is 1. The zero-order chi connectivity index (χ0) is 11.7. The van der Waals surface area contributed by atoms with E-state index < -0.39 is 0 Å². The zero-order valence-corrected chi connectivity index (χ0v) is 10.4. The first-order valence-corrected chi connectivity index (χ1v) is 7.06. The van der Waals surface area contributed by atoms with Crippen molar-refractivity contribution >= 4 is 0 Å². The van der Waals surface area contributed by atoms with Gasteiger partial charge in [0.2, 0.25) is 0 Å². The second-order valence-electron chi connectivity index (χ2n) is 5.87. The first-order valence-electron chi connectivity index (χ1n) is 7.06. The molecule has 1 unspecified atom stereocenters. The fourth-order valence-corrected chi connectivity index (χ4v) is 3.74. The largest absolute Gasteiger partial charge is 0.392 e. The minimum Gasteiger partial charge on any atom is -0.392 e. The molecule has 2 aliphatic rings. The van der Waals surface area contributed by atoms with Gasteiger partial charge < -0.3 is 5.11 Å². The van der Waals surface area contributed by atoms with Crippen LogP contribution in [0.15, 0.2) is 30.3 Å². The van der Waals surface area contributed by atoms with Crippen LogP contribution < -0.4 is 0 Å². The lowest BCUT2D eigenvalue weighted by Crippen LogP contribution is -2.44. The van der Waals surface area contributed by atoms with Crippen molar-refractivity contribution in [2.45, 2.75) is 56.5 Å². The van der Waals surface area contributed by atoms with Crippen molar-refractivity contribution in [2.24, 2.45) is 5.92 Å². The summed E-state index contributed by atoms with van der Waals surface area (Å²) >= 11 is 0. The molecule has 2 aliphatic carbocycles. The fourth-order valence-electron chi connectivity index (χ4n) is 3.74. The Morgan fingerprint density at radius 2 is 1.65 bits per heavy atom. The summed E-state index contributed by atoms with van der Waals surface area (Å²) in [4.78, 5) is 0. The quantitative estimate of drug-likeness (QED) is 0.840. The molecule has 1 aromatic rings. The second kappa shape index (κ2) is 4.45. The third kappa shape index (κ3) is 1.81. The predicted molar refractivity (Wildman–Crippen MR) is 69.9 cm³/mol. The van der Waals surface area contributed by atoms with Gasteiger partial charge in [0.05, 0.1) is 6.10 Å². The summed E-state index contributed by atoms with van der Waals surface area (Å²) in [6.07, 6.45) is 8.57. The Bertz CT molecular complexity index is 360. The third-order valence-corrected chi connectivity index (χ3v) is 5.01. The SMILES string of the molecule is OC(C1CCC1)C1(c2ccccc2)CCCC1. The van der Waals surface area contributed by atoms with Crippen LogP contribution in [-0.2, 0) is 5.41 Å². The molecule has 1 heteroatoms. The first kappa shape index (κ1) is 11.3. The van der Waals surface area contributed by atoms with Gasteiger partial charge in [-0.15, -0.1) is 0 Å². The van der Waals surface area contributed by atoms with Crippen molar-refractivity contribution in [3.05, 3.63) is 35.9 Å². The van der Waals surface area contributed by atoms with E-state index in [-0.39, 0.29) is 11.5 Å². The predicted octanol–water partition coefficient (Wildman–Crippen LogP) is 3.66. The van der Waals surface area contributed by atoms with E-state index in [4.69, 9.17) is 0 Å². The van der Waals surface area contributed by atoms with E-state index in [0.717, 1.165) is 0 Å². The Labute approximate surface area is 104 Å². The van der Waals surface area contributed by atoms with Crippen LogP contribution in [0.2, 0.25) is 0 Å². The molecule has 17 heavy (non-hydrogen) atoms. The maximum atomic E-state index is 10.8. The second-order valence-corrected chi connectivity index (χ2v) is 5.87. The van der Waals surface area contributed by atoms with Gasteiger partial charge in [0.25, 0.3) is 0 Å². The lowest BCUT2D eigenvalue weighted by molar-refractivity contribution is -0.00287. The Morgan fingerprint density at radius 3 is 2.18 bits per heavy atom. The highest BCUT2D eigenvalue weighted by Crippen LogP contribution is 2.49. The Morgan fingerprint density at radius 1 is 1.00 bits per heavy atom. The summed E-state index contributed by atoms with van der Waals surface area (Å²) in [5.41, 5.74) is 1.45. The number of hydrogen-bond acceptors (Lipinski definition) is 1. The average molecular weight is 230 g/mol. The third-order valence-electron chi connectivity index (χ3n) is 5.01. The van der Waals surface area contributed by atoms with E-state index in [1.807, 2.05) is 0 Å². The fraction of sp³-hybridized carbons (Fsp3) is 0.625. The molecule has 1 aromatic carbocycles. The van der Waals surface area contributed by atoms with Crippen molar-refractivity contribution in [3.8, 4) is 0 Å². The van der Waals surface area contributed by atoms with E-state index in [9.17, 15) is 5.11 Å². The number of rotatable bonds is 3. The monoisotopic (exact) mass is 230 g/mol. The molecule has 0 heterocycles. The van der Waals surface area contributed by atoms with Gasteiger partial charge in [0, 0.05) is 5.41 Å². The molecule has 3 rings (SSSR count). The molecule has 1 nitrogen and oxygen atoms in total. The van der Waals surface area contributed by atoms with Gasteiger partial charge in [-0.25, -0.2) is 0 Å². The van der Waals surface area contributed by atoms with Gasteiger partial charge in [-0.3, -0.25) is 0 Å². The smallest absolute Gasteiger partial charge is 0.0664 e. The van der Waals surface area contributed by atoms with Crippen LogP contribution in [-0.4, -0.2) is 11.2 Å². The molecule has 2 saturated carbocycles. The molecular weight excluding hydrogens is 208 g/mol. The minimum absolute atomic E-state index is 0.0757. The van der Waals surface area contributed by atoms with Crippen LogP contribution in [0.5, 0.6) is 0 Å². The lowest BCUT2D eigenvalue weighted by Gasteiger charge is -2.42. The molecule has 1 N–H and O–H groups in total. The van der Waals surface area contributed by atoms with Gasteiger partial charge in [0.1, 0.15) is 0 Å². The Kier molecular flexibility index (Phi) is 2.96. The highest BCUT2D eigenvalue weighted by Gasteiger charge is 2.46. The first-order chi connectivity index (χ1) is 8.33. The molecule has 0 bridgehead atoms.